The maximum Gasteiger partial charge on any atom is 0.310 e. The number of carbonyl (C=O) groups is 1. The van der Waals surface area contributed by atoms with E-state index < -0.39 is 16.4 Å². The van der Waals surface area contributed by atoms with Crippen LogP contribution in [-0.2, 0) is 17.0 Å². The number of rotatable bonds is 7. The number of nitro groups is 1. The number of nitrogens with zero attached hydrogens (tertiary/aromatic N) is 3. The highest BCUT2D eigenvalue weighted by atomic mass is 32.2. The Kier molecular flexibility index (Phi) is 6.10. The van der Waals surface area contributed by atoms with E-state index in [1.165, 1.54) is 18.2 Å². The number of hydrogen-bond donors (Lipinski definition) is 2. The van der Waals surface area contributed by atoms with Crippen molar-refractivity contribution in [1.82, 2.24) is 9.97 Å². The first-order valence-electron chi connectivity index (χ1n) is 9.16. The number of nitro benzene ring substituents is 1. The second kappa shape index (κ2) is 9.11. The molecule has 2 N–H and O–H groups in total. The highest BCUT2D eigenvalue weighted by molar-refractivity contribution is 8.00. The van der Waals surface area contributed by atoms with Crippen molar-refractivity contribution in [2.45, 2.75) is 16.5 Å². The lowest BCUT2D eigenvalue weighted by molar-refractivity contribution is -0.385. The molecule has 0 spiro atoms. The van der Waals surface area contributed by atoms with E-state index in [4.69, 9.17) is 0 Å². The lowest BCUT2D eigenvalue weighted by atomic mass is 10.1. The van der Waals surface area contributed by atoms with E-state index in [1.807, 2.05) is 30.5 Å². The Morgan fingerprint density at radius 1 is 1.19 bits per heavy atom. The second-order valence-corrected chi connectivity index (χ2v) is 8.87. The van der Waals surface area contributed by atoms with Crippen LogP contribution in [0.4, 0.5) is 11.4 Å². The van der Waals surface area contributed by atoms with Crippen LogP contribution < -0.4 is 5.32 Å². The number of pyridine rings is 1. The van der Waals surface area contributed by atoms with Crippen molar-refractivity contribution in [2.24, 2.45) is 0 Å². The predicted molar refractivity (Wildman–Crippen MR) is 121 cm³/mol. The maximum atomic E-state index is 12.4. The number of thioether (sulfide) groups is 1. The molecule has 8 nitrogen and oxygen atoms in total. The van der Waals surface area contributed by atoms with Crippen LogP contribution in [0.15, 0.2) is 65.3 Å². The zero-order valence-electron chi connectivity index (χ0n) is 16.0. The molecule has 2 aromatic carbocycles. The summed E-state index contributed by atoms with van der Waals surface area (Å²) in [5, 5.41) is 23.3. The summed E-state index contributed by atoms with van der Waals surface area (Å²) >= 11 is 3.18. The van der Waals surface area contributed by atoms with Gasteiger partial charge in [0.25, 0.3) is 0 Å². The lowest BCUT2D eigenvalue weighted by Gasteiger charge is -2.06. The molecular weight excluding hydrogens is 436 g/mol. The van der Waals surface area contributed by atoms with Gasteiger partial charge >= 0.3 is 5.69 Å². The van der Waals surface area contributed by atoms with Gasteiger partial charge in [-0.1, -0.05) is 23.9 Å². The van der Waals surface area contributed by atoms with E-state index in [0.29, 0.717) is 11.3 Å². The number of aromatic nitrogens is 2. The van der Waals surface area contributed by atoms with E-state index >= 15 is 0 Å². The normalized spacial score (nSPS) is 10.8. The van der Waals surface area contributed by atoms with E-state index in [2.05, 4.69) is 15.3 Å². The van der Waals surface area contributed by atoms with Gasteiger partial charge in [0.1, 0.15) is 0 Å². The molecule has 4 rings (SSSR count). The fraction of sp³-hybridized carbons (Fsp3) is 0.0952. The van der Waals surface area contributed by atoms with Crippen molar-refractivity contribution in [3.05, 3.63) is 82.2 Å². The van der Waals surface area contributed by atoms with Crippen molar-refractivity contribution >= 4 is 50.6 Å². The van der Waals surface area contributed by atoms with Crippen molar-refractivity contribution in [1.29, 1.82) is 0 Å². The molecule has 0 saturated heterocycles. The zero-order valence-corrected chi connectivity index (χ0v) is 17.7. The first-order valence-corrected chi connectivity index (χ1v) is 11.0. The zero-order chi connectivity index (χ0) is 21.8. The summed E-state index contributed by atoms with van der Waals surface area (Å²) in [4.78, 5) is 31.4. The van der Waals surface area contributed by atoms with E-state index in [-0.39, 0.29) is 12.3 Å². The minimum absolute atomic E-state index is 0.0476. The van der Waals surface area contributed by atoms with Gasteiger partial charge < -0.3 is 10.4 Å². The van der Waals surface area contributed by atoms with Gasteiger partial charge in [-0.15, -0.1) is 11.3 Å². The first kappa shape index (κ1) is 20.8. The molecule has 0 aliphatic rings. The molecule has 4 aromatic rings. The number of carbonyl (C=O) groups excluding carboxylic acids is 1. The number of thiazole rings is 1. The van der Waals surface area contributed by atoms with E-state index in [9.17, 15) is 20.0 Å². The highest BCUT2D eigenvalue weighted by Crippen LogP contribution is 2.33. The van der Waals surface area contributed by atoms with Gasteiger partial charge in [0.2, 0.25) is 5.91 Å². The molecule has 0 aliphatic carbocycles. The van der Waals surface area contributed by atoms with Gasteiger partial charge in [-0.05, 0) is 41.5 Å². The van der Waals surface area contributed by atoms with Crippen molar-refractivity contribution in [3.63, 3.8) is 0 Å². The molecule has 10 heteroatoms. The number of fused-ring (bicyclic) bond motifs is 1. The highest BCUT2D eigenvalue weighted by Gasteiger charge is 2.15. The molecule has 1 amide bonds. The van der Waals surface area contributed by atoms with E-state index in [0.717, 1.165) is 25.9 Å². The van der Waals surface area contributed by atoms with E-state index in [1.54, 1.807) is 35.4 Å². The van der Waals surface area contributed by atoms with Crippen LogP contribution >= 0.6 is 23.1 Å². The predicted octanol–water partition coefficient (Wildman–Crippen LogP) is 4.78. The molecule has 0 saturated carbocycles. The minimum atomic E-state index is -0.682. The Morgan fingerprint density at radius 2 is 2.06 bits per heavy atom. The van der Waals surface area contributed by atoms with Crippen LogP contribution in [0.2, 0.25) is 0 Å². The molecule has 0 unspecified atom stereocenters. The standard InChI is InChI=1S/C21H16N4O4S2/c26-18-6-3-13(8-17(18)25(28)29)9-20(27)23-15-4-5-16-19(10-15)31-21(24-16)30-12-14-2-1-7-22-11-14/h1-8,10-11,26H,9,12H2,(H,23,27). The summed E-state index contributed by atoms with van der Waals surface area (Å²) in [7, 11) is 0. The number of hydrogen-bond acceptors (Lipinski definition) is 8. The first-order chi connectivity index (χ1) is 15.0. The SMILES string of the molecule is O=C(Cc1ccc(O)c([N+](=O)[O-])c1)Nc1ccc2nc(SCc3cccnc3)sc2c1. The van der Waals surface area contributed by atoms with Crippen molar-refractivity contribution < 1.29 is 14.8 Å². The van der Waals surface area contributed by atoms with Gasteiger partial charge in [-0.25, -0.2) is 4.98 Å². The topological polar surface area (TPSA) is 118 Å². The van der Waals surface area contributed by atoms with Gasteiger partial charge in [0.15, 0.2) is 10.1 Å². The third kappa shape index (κ3) is 5.16. The van der Waals surface area contributed by atoms with Crippen LogP contribution in [0.3, 0.4) is 0 Å². The fourth-order valence-corrected chi connectivity index (χ4v) is 4.93. The molecule has 2 aromatic heterocycles. The number of benzene rings is 2. The van der Waals surface area contributed by atoms with Crippen LogP contribution in [0.25, 0.3) is 10.2 Å². The number of phenolic OH excluding ortho intramolecular Hbond substituents is 1. The minimum Gasteiger partial charge on any atom is -0.502 e. The molecule has 0 fully saturated rings. The van der Waals surface area contributed by atoms with Crippen LogP contribution in [-0.4, -0.2) is 25.9 Å². The van der Waals surface area contributed by atoms with Gasteiger partial charge in [0, 0.05) is 29.9 Å². The van der Waals surface area contributed by atoms with Gasteiger partial charge in [-0.3, -0.25) is 19.9 Å². The summed E-state index contributed by atoms with van der Waals surface area (Å²) in [6.45, 7) is 0. The van der Waals surface area contributed by atoms with Crippen molar-refractivity contribution in [3.8, 4) is 5.75 Å². The smallest absolute Gasteiger partial charge is 0.310 e. The Hall–Kier alpha value is -3.50. The summed E-state index contributed by atoms with van der Waals surface area (Å²) in [6.07, 6.45) is 3.52. The molecule has 0 bridgehead atoms. The Balaban J connectivity index is 1.42. The molecule has 156 valence electrons. The summed E-state index contributed by atoms with van der Waals surface area (Å²) < 4.78 is 1.88. The monoisotopic (exact) mass is 452 g/mol. The Labute approximate surface area is 185 Å². The Morgan fingerprint density at radius 3 is 2.84 bits per heavy atom. The van der Waals surface area contributed by atoms with Crippen LogP contribution in [0, 0.1) is 10.1 Å². The summed E-state index contributed by atoms with van der Waals surface area (Å²) in [5.74, 6) is 0.0350. The van der Waals surface area contributed by atoms with Gasteiger partial charge in [-0.2, -0.15) is 0 Å². The summed E-state index contributed by atoms with van der Waals surface area (Å²) in [5.41, 5.74) is 2.61. The average molecular weight is 453 g/mol. The lowest BCUT2D eigenvalue weighted by Crippen LogP contribution is -2.14. The maximum absolute atomic E-state index is 12.4. The van der Waals surface area contributed by atoms with Crippen LogP contribution in [0.1, 0.15) is 11.1 Å². The molecule has 0 atom stereocenters. The largest absolute Gasteiger partial charge is 0.502 e. The molecule has 0 aliphatic heterocycles. The quantitative estimate of drug-likeness (QED) is 0.235. The third-order valence-corrected chi connectivity index (χ3v) is 6.57. The number of aromatic hydroxyl groups is 1. The third-order valence-electron chi connectivity index (χ3n) is 4.34. The number of phenols is 1. The number of nitrogens with one attached hydrogen (secondary N) is 1. The van der Waals surface area contributed by atoms with Crippen LogP contribution in [0.5, 0.6) is 5.75 Å². The molecular formula is C21H16N4O4S2. The van der Waals surface area contributed by atoms with Gasteiger partial charge in [0.05, 0.1) is 21.6 Å². The molecule has 31 heavy (non-hydrogen) atoms. The number of amides is 1. The molecule has 0 radical (unpaired) electrons. The second-order valence-electron chi connectivity index (χ2n) is 6.62. The summed E-state index contributed by atoms with van der Waals surface area (Å²) in [6, 6.07) is 13.3. The number of anilines is 1. The molecule has 2 heterocycles. The van der Waals surface area contributed by atoms with Crippen molar-refractivity contribution in [2.75, 3.05) is 5.32 Å². The Bertz CT molecular complexity index is 1260. The fourth-order valence-electron chi connectivity index (χ4n) is 2.89. The average Bonchev–Trinajstić information content (AvgIpc) is 3.16.